The van der Waals surface area contributed by atoms with Crippen molar-refractivity contribution >= 4 is 11.1 Å². The first-order chi connectivity index (χ1) is 12.3. The lowest BCUT2D eigenvalue weighted by atomic mass is 9.96. The average molecular weight is 348 g/mol. The molecule has 6 nitrogen and oxygen atoms in total. The standard InChI is InChI=1S/C20H20N4O2/c1-11-6-5-7-14(21-11)17-16(23-18(24-17)20(2,3)4)12-8-9-13-15(10-12)26-19(25)22-13/h5-10H,1-4H3,(H,22,25)(H,23,24). The van der Waals surface area contributed by atoms with E-state index in [4.69, 9.17) is 9.40 Å². The molecule has 0 saturated carbocycles. The van der Waals surface area contributed by atoms with Crippen molar-refractivity contribution in [2.75, 3.05) is 0 Å². The number of H-pyrrole nitrogens is 2. The fourth-order valence-electron chi connectivity index (χ4n) is 2.90. The summed E-state index contributed by atoms with van der Waals surface area (Å²) in [5.74, 6) is 0.413. The van der Waals surface area contributed by atoms with Crippen LogP contribution in [0.25, 0.3) is 33.7 Å². The first kappa shape index (κ1) is 16.3. The van der Waals surface area contributed by atoms with Crippen molar-refractivity contribution in [2.45, 2.75) is 33.1 Å². The molecular weight excluding hydrogens is 328 g/mol. The van der Waals surface area contributed by atoms with Crippen molar-refractivity contribution in [3.05, 3.63) is 58.5 Å². The monoisotopic (exact) mass is 348 g/mol. The van der Waals surface area contributed by atoms with Crippen molar-refractivity contribution in [2.24, 2.45) is 0 Å². The van der Waals surface area contributed by atoms with E-state index in [1.165, 1.54) is 0 Å². The van der Waals surface area contributed by atoms with Crippen LogP contribution < -0.4 is 5.76 Å². The van der Waals surface area contributed by atoms with Crippen LogP contribution in [0.1, 0.15) is 32.3 Å². The molecular formula is C20H20N4O2. The second kappa shape index (κ2) is 5.69. The fraction of sp³-hybridized carbons (Fsp3) is 0.250. The lowest BCUT2D eigenvalue weighted by Gasteiger charge is -2.14. The number of benzene rings is 1. The molecule has 3 heterocycles. The van der Waals surface area contributed by atoms with E-state index in [1.807, 2.05) is 43.3 Å². The van der Waals surface area contributed by atoms with Crippen molar-refractivity contribution < 1.29 is 4.42 Å². The number of aromatic nitrogens is 4. The highest BCUT2D eigenvalue weighted by atomic mass is 16.4. The molecule has 0 saturated heterocycles. The largest absolute Gasteiger partial charge is 0.417 e. The van der Waals surface area contributed by atoms with Gasteiger partial charge in [-0.1, -0.05) is 32.9 Å². The Labute approximate surface area is 150 Å². The number of aromatic amines is 2. The molecule has 0 aliphatic heterocycles. The summed E-state index contributed by atoms with van der Waals surface area (Å²) >= 11 is 0. The van der Waals surface area contributed by atoms with Crippen molar-refractivity contribution in [3.63, 3.8) is 0 Å². The van der Waals surface area contributed by atoms with Gasteiger partial charge in [0.05, 0.1) is 22.6 Å². The van der Waals surface area contributed by atoms with Crippen LogP contribution in [-0.2, 0) is 5.41 Å². The zero-order valence-corrected chi connectivity index (χ0v) is 15.2. The molecule has 0 spiro atoms. The Bertz CT molecular complexity index is 1160. The zero-order valence-electron chi connectivity index (χ0n) is 15.2. The lowest BCUT2D eigenvalue weighted by Crippen LogP contribution is -2.13. The van der Waals surface area contributed by atoms with E-state index < -0.39 is 5.76 Å². The molecule has 1 aromatic carbocycles. The second-order valence-corrected chi connectivity index (χ2v) is 7.45. The van der Waals surface area contributed by atoms with E-state index in [9.17, 15) is 4.79 Å². The normalized spacial score (nSPS) is 12.0. The molecule has 0 unspecified atom stereocenters. The summed E-state index contributed by atoms with van der Waals surface area (Å²) < 4.78 is 5.20. The van der Waals surface area contributed by atoms with E-state index in [-0.39, 0.29) is 5.41 Å². The topological polar surface area (TPSA) is 87.6 Å². The van der Waals surface area contributed by atoms with Gasteiger partial charge in [-0.15, -0.1) is 0 Å². The molecule has 26 heavy (non-hydrogen) atoms. The summed E-state index contributed by atoms with van der Waals surface area (Å²) in [6, 6.07) is 11.5. The van der Waals surface area contributed by atoms with Gasteiger partial charge in [0.25, 0.3) is 0 Å². The van der Waals surface area contributed by atoms with Crippen molar-refractivity contribution in [1.82, 2.24) is 19.9 Å². The molecule has 6 heteroatoms. The molecule has 132 valence electrons. The Balaban J connectivity index is 1.95. The number of rotatable bonds is 2. The minimum Gasteiger partial charge on any atom is -0.408 e. The number of hydrogen-bond donors (Lipinski definition) is 2. The molecule has 0 atom stereocenters. The molecule has 3 aromatic heterocycles. The number of hydrogen-bond acceptors (Lipinski definition) is 4. The molecule has 2 N–H and O–H groups in total. The van der Waals surface area contributed by atoms with Crippen LogP contribution >= 0.6 is 0 Å². The predicted molar refractivity (Wildman–Crippen MR) is 101 cm³/mol. The van der Waals surface area contributed by atoms with Crippen LogP contribution in [0.3, 0.4) is 0 Å². The van der Waals surface area contributed by atoms with Gasteiger partial charge in [-0.2, -0.15) is 0 Å². The highest BCUT2D eigenvalue weighted by Gasteiger charge is 2.23. The maximum atomic E-state index is 11.4. The van der Waals surface area contributed by atoms with Gasteiger partial charge in [0.2, 0.25) is 0 Å². The van der Waals surface area contributed by atoms with E-state index in [2.05, 4.69) is 35.7 Å². The number of nitrogens with zero attached hydrogens (tertiary/aromatic N) is 2. The van der Waals surface area contributed by atoms with Crippen LogP contribution in [0, 0.1) is 6.92 Å². The maximum absolute atomic E-state index is 11.4. The minimum absolute atomic E-state index is 0.137. The number of pyridine rings is 1. The summed E-state index contributed by atoms with van der Waals surface area (Å²) in [6.45, 7) is 8.29. The Morgan fingerprint density at radius 2 is 1.85 bits per heavy atom. The summed E-state index contributed by atoms with van der Waals surface area (Å²) in [5.41, 5.74) is 5.32. The Morgan fingerprint density at radius 3 is 2.58 bits per heavy atom. The van der Waals surface area contributed by atoms with E-state index in [1.54, 1.807) is 0 Å². The van der Waals surface area contributed by atoms with Gasteiger partial charge < -0.3 is 9.40 Å². The van der Waals surface area contributed by atoms with Crippen LogP contribution in [0.5, 0.6) is 0 Å². The molecule has 4 aromatic rings. The Hall–Kier alpha value is -3.15. The van der Waals surface area contributed by atoms with E-state index in [0.29, 0.717) is 11.1 Å². The molecule has 0 bridgehead atoms. The Kier molecular flexibility index (Phi) is 3.57. The third kappa shape index (κ3) is 2.83. The molecule has 0 amide bonds. The number of oxazole rings is 1. The number of nitrogens with one attached hydrogen (secondary N) is 2. The molecule has 0 aliphatic rings. The summed E-state index contributed by atoms with van der Waals surface area (Å²) in [5, 5.41) is 0. The quantitative estimate of drug-likeness (QED) is 0.569. The fourth-order valence-corrected chi connectivity index (χ4v) is 2.90. The molecule has 0 fully saturated rings. The van der Waals surface area contributed by atoms with E-state index >= 15 is 0 Å². The zero-order chi connectivity index (χ0) is 18.5. The third-order valence-corrected chi connectivity index (χ3v) is 4.25. The summed E-state index contributed by atoms with van der Waals surface area (Å²) in [7, 11) is 0. The van der Waals surface area contributed by atoms with Gasteiger partial charge >= 0.3 is 5.76 Å². The highest BCUT2D eigenvalue weighted by Crippen LogP contribution is 2.33. The number of imidazole rings is 1. The summed E-state index contributed by atoms with van der Waals surface area (Å²) in [6.07, 6.45) is 0. The predicted octanol–water partition coefficient (Wildman–Crippen LogP) is 4.18. The van der Waals surface area contributed by atoms with Crippen molar-refractivity contribution in [1.29, 1.82) is 0 Å². The van der Waals surface area contributed by atoms with E-state index in [0.717, 1.165) is 34.2 Å². The smallest absolute Gasteiger partial charge is 0.408 e. The second-order valence-electron chi connectivity index (χ2n) is 7.45. The highest BCUT2D eigenvalue weighted by molar-refractivity contribution is 5.84. The first-order valence-corrected chi connectivity index (χ1v) is 8.49. The van der Waals surface area contributed by atoms with Gasteiger partial charge in [-0.25, -0.2) is 9.78 Å². The van der Waals surface area contributed by atoms with Gasteiger partial charge in [-0.05, 0) is 31.2 Å². The molecule has 0 radical (unpaired) electrons. The van der Waals surface area contributed by atoms with Crippen LogP contribution in [-0.4, -0.2) is 19.9 Å². The molecule has 4 rings (SSSR count). The SMILES string of the molecule is Cc1cccc(-c2[nH]c(C(C)(C)C)nc2-c2ccc3[nH]c(=O)oc3c2)n1. The Morgan fingerprint density at radius 1 is 1.04 bits per heavy atom. The first-order valence-electron chi connectivity index (χ1n) is 8.49. The van der Waals surface area contributed by atoms with Gasteiger partial charge in [0.1, 0.15) is 5.82 Å². The molecule has 0 aliphatic carbocycles. The van der Waals surface area contributed by atoms with Gasteiger partial charge in [0.15, 0.2) is 5.58 Å². The van der Waals surface area contributed by atoms with Gasteiger partial charge in [-0.3, -0.25) is 9.97 Å². The van der Waals surface area contributed by atoms with Gasteiger partial charge in [0, 0.05) is 16.7 Å². The van der Waals surface area contributed by atoms with Crippen LogP contribution in [0.4, 0.5) is 0 Å². The third-order valence-electron chi connectivity index (χ3n) is 4.25. The average Bonchev–Trinajstić information content (AvgIpc) is 3.16. The summed E-state index contributed by atoms with van der Waals surface area (Å²) in [4.78, 5) is 27.0. The van der Waals surface area contributed by atoms with Crippen LogP contribution in [0.15, 0.2) is 45.6 Å². The lowest BCUT2D eigenvalue weighted by molar-refractivity contribution is 0.553. The van der Waals surface area contributed by atoms with Crippen LogP contribution in [0.2, 0.25) is 0 Å². The minimum atomic E-state index is -0.463. The number of aryl methyl sites for hydroxylation is 1. The van der Waals surface area contributed by atoms with Crippen molar-refractivity contribution in [3.8, 4) is 22.6 Å². The maximum Gasteiger partial charge on any atom is 0.417 e. The number of fused-ring (bicyclic) bond motifs is 1.